The Hall–Kier alpha value is -0.663. The molecular formula is C9H14Si. The zero-order valence-corrected chi connectivity index (χ0v) is 7.88. The van der Waals surface area contributed by atoms with Crippen molar-refractivity contribution in [1.82, 2.24) is 0 Å². The van der Waals surface area contributed by atoms with Gasteiger partial charge in [-0.25, -0.2) is 0 Å². The lowest BCUT2D eigenvalue weighted by Gasteiger charge is -2.07. The molecule has 0 N–H and O–H groups in total. The number of hydrogen-bond donors (Lipinski definition) is 0. The van der Waals surface area contributed by atoms with Crippen molar-refractivity contribution < 1.29 is 0 Å². The molecule has 0 bridgehead atoms. The maximum Gasteiger partial charge on any atom is 0.201 e. The van der Waals surface area contributed by atoms with Crippen LogP contribution in [0.5, 0.6) is 0 Å². The van der Waals surface area contributed by atoms with Gasteiger partial charge in [0.25, 0.3) is 0 Å². The molecule has 0 aliphatic carbocycles. The minimum Gasteiger partial charge on any atom is -0.126 e. The molecule has 0 fully saturated rings. The summed E-state index contributed by atoms with van der Waals surface area (Å²) in [7, 11) is -1.21. The van der Waals surface area contributed by atoms with Crippen LogP contribution in [0.25, 0.3) is 0 Å². The highest BCUT2D eigenvalue weighted by Gasteiger charge is 2.07. The molecule has 0 rings (SSSR count). The van der Waals surface area contributed by atoms with Crippen LogP contribution in [-0.2, 0) is 0 Å². The van der Waals surface area contributed by atoms with Crippen LogP contribution in [0.1, 0.15) is 20.3 Å². The fourth-order valence-electron chi connectivity index (χ4n) is 0.753. The fraction of sp³-hybridized carbons (Fsp3) is 0.556. The third-order valence-corrected chi connectivity index (χ3v) is 3.82. The second-order valence-corrected chi connectivity index (χ2v) is 4.88. The predicted molar refractivity (Wildman–Crippen MR) is 49.1 cm³/mol. The summed E-state index contributed by atoms with van der Waals surface area (Å²) in [6.45, 7) is 4.37. The molecule has 10 heavy (non-hydrogen) atoms. The lowest BCUT2D eigenvalue weighted by molar-refractivity contribution is 0.622. The molecular weight excluding hydrogens is 136 g/mol. The van der Waals surface area contributed by atoms with Crippen molar-refractivity contribution in [3.63, 3.8) is 0 Å². The van der Waals surface area contributed by atoms with Gasteiger partial charge in [0.1, 0.15) is 0 Å². The summed E-state index contributed by atoms with van der Waals surface area (Å²) in [5.74, 6) is 0.712. The maximum atomic E-state index is 5.26. The van der Waals surface area contributed by atoms with E-state index in [-0.39, 0.29) is 0 Å². The van der Waals surface area contributed by atoms with Crippen LogP contribution in [0.3, 0.4) is 0 Å². The molecule has 1 atom stereocenters. The standard InChI is InChI=1S/C9H14Si/c1-5-9(4)8-10(6-2)7-3/h2-3,9-10H,5,8H2,1,4H3. The Morgan fingerprint density at radius 1 is 1.40 bits per heavy atom. The summed E-state index contributed by atoms with van der Waals surface area (Å²) in [6.07, 6.45) is 11.7. The Balaban J connectivity index is 3.69. The van der Waals surface area contributed by atoms with E-state index < -0.39 is 8.80 Å². The molecule has 0 spiro atoms. The van der Waals surface area contributed by atoms with Gasteiger partial charge < -0.3 is 0 Å². The molecule has 0 aromatic carbocycles. The normalized spacial score (nSPS) is 12.1. The lowest BCUT2D eigenvalue weighted by Crippen LogP contribution is -2.11. The molecule has 0 nitrogen and oxygen atoms in total. The highest BCUT2D eigenvalue weighted by molar-refractivity contribution is 6.75. The third-order valence-electron chi connectivity index (χ3n) is 1.74. The zero-order chi connectivity index (χ0) is 7.98. The molecule has 0 saturated carbocycles. The van der Waals surface area contributed by atoms with E-state index in [1.807, 2.05) is 0 Å². The van der Waals surface area contributed by atoms with Gasteiger partial charge in [-0.05, 0) is 12.0 Å². The summed E-state index contributed by atoms with van der Waals surface area (Å²) in [5, 5.41) is 0. The quantitative estimate of drug-likeness (QED) is 0.423. The van der Waals surface area contributed by atoms with E-state index in [1.54, 1.807) is 0 Å². The van der Waals surface area contributed by atoms with Gasteiger partial charge in [-0.3, -0.25) is 0 Å². The lowest BCUT2D eigenvalue weighted by atomic mass is 10.2. The van der Waals surface area contributed by atoms with Gasteiger partial charge in [0.2, 0.25) is 8.80 Å². The van der Waals surface area contributed by atoms with Crippen molar-refractivity contribution in [2.24, 2.45) is 5.92 Å². The second-order valence-electron chi connectivity index (χ2n) is 2.64. The largest absolute Gasteiger partial charge is 0.201 e. The van der Waals surface area contributed by atoms with Crippen LogP contribution >= 0.6 is 0 Å². The van der Waals surface area contributed by atoms with Crippen molar-refractivity contribution in [2.75, 3.05) is 0 Å². The molecule has 0 aromatic heterocycles. The van der Waals surface area contributed by atoms with Gasteiger partial charge >= 0.3 is 0 Å². The molecule has 0 aliphatic rings. The highest BCUT2D eigenvalue weighted by atomic mass is 28.3. The first-order chi connectivity index (χ1) is 4.74. The first-order valence-corrected chi connectivity index (χ1v) is 5.64. The molecule has 0 aromatic rings. The molecule has 1 unspecified atom stereocenters. The topological polar surface area (TPSA) is 0 Å². The molecule has 0 amide bonds. The average molecular weight is 150 g/mol. The first-order valence-electron chi connectivity index (χ1n) is 3.66. The molecule has 0 radical (unpaired) electrons. The first kappa shape index (κ1) is 9.34. The zero-order valence-electron chi connectivity index (χ0n) is 6.72. The van der Waals surface area contributed by atoms with Gasteiger partial charge in [0, 0.05) is 0 Å². The van der Waals surface area contributed by atoms with Crippen molar-refractivity contribution in [3.05, 3.63) is 0 Å². The van der Waals surface area contributed by atoms with Crippen LogP contribution in [0.15, 0.2) is 0 Å². The Morgan fingerprint density at radius 2 is 1.90 bits per heavy atom. The van der Waals surface area contributed by atoms with Crippen molar-refractivity contribution in [2.45, 2.75) is 26.3 Å². The van der Waals surface area contributed by atoms with Crippen LogP contribution in [0, 0.1) is 29.9 Å². The average Bonchev–Trinajstić information content (AvgIpc) is 1.99. The number of rotatable bonds is 3. The van der Waals surface area contributed by atoms with Gasteiger partial charge in [-0.1, -0.05) is 20.3 Å². The SMILES string of the molecule is C#C[SiH](C#C)CC(C)CC. The van der Waals surface area contributed by atoms with Gasteiger partial charge in [0.15, 0.2) is 0 Å². The van der Waals surface area contributed by atoms with Crippen LogP contribution < -0.4 is 0 Å². The van der Waals surface area contributed by atoms with E-state index in [4.69, 9.17) is 12.8 Å². The Kier molecular flexibility index (Phi) is 4.81. The Bertz CT molecular complexity index is 145. The van der Waals surface area contributed by atoms with Crippen molar-refractivity contribution in [1.29, 1.82) is 0 Å². The van der Waals surface area contributed by atoms with Gasteiger partial charge in [-0.15, -0.1) is 23.9 Å². The van der Waals surface area contributed by atoms with Gasteiger partial charge in [0.05, 0.1) is 0 Å². The number of terminal acetylenes is 2. The minimum atomic E-state index is -1.21. The molecule has 0 saturated heterocycles. The van der Waals surface area contributed by atoms with E-state index in [2.05, 4.69) is 24.9 Å². The van der Waals surface area contributed by atoms with Crippen LogP contribution in [0.4, 0.5) is 0 Å². The summed E-state index contributed by atoms with van der Waals surface area (Å²) in [5.41, 5.74) is 5.44. The maximum absolute atomic E-state index is 5.26. The second kappa shape index (κ2) is 5.15. The smallest absolute Gasteiger partial charge is 0.126 e. The molecule has 54 valence electrons. The van der Waals surface area contributed by atoms with Crippen LogP contribution in [-0.4, -0.2) is 8.80 Å². The minimum absolute atomic E-state index is 0.712. The van der Waals surface area contributed by atoms with Crippen molar-refractivity contribution >= 4 is 8.80 Å². The summed E-state index contributed by atoms with van der Waals surface area (Å²) < 4.78 is 0. The van der Waals surface area contributed by atoms with E-state index in [0.717, 1.165) is 6.04 Å². The van der Waals surface area contributed by atoms with E-state index in [9.17, 15) is 0 Å². The molecule has 0 aliphatic heterocycles. The third kappa shape index (κ3) is 3.38. The Labute approximate surface area is 65.6 Å². The summed E-state index contributed by atoms with van der Waals surface area (Å²) in [4.78, 5) is 0. The number of hydrogen-bond acceptors (Lipinski definition) is 0. The van der Waals surface area contributed by atoms with E-state index >= 15 is 0 Å². The fourth-order valence-corrected chi connectivity index (χ4v) is 2.26. The summed E-state index contributed by atoms with van der Waals surface area (Å²) in [6, 6.07) is 1.10. The predicted octanol–water partition coefficient (Wildman–Crippen LogP) is 1.60. The van der Waals surface area contributed by atoms with Crippen molar-refractivity contribution in [3.8, 4) is 23.9 Å². The summed E-state index contributed by atoms with van der Waals surface area (Å²) >= 11 is 0. The monoisotopic (exact) mass is 150 g/mol. The van der Waals surface area contributed by atoms with E-state index in [0.29, 0.717) is 5.92 Å². The van der Waals surface area contributed by atoms with Crippen LogP contribution in [0.2, 0.25) is 6.04 Å². The molecule has 1 heteroatoms. The van der Waals surface area contributed by atoms with E-state index in [1.165, 1.54) is 6.42 Å². The Morgan fingerprint density at radius 3 is 2.20 bits per heavy atom. The van der Waals surface area contributed by atoms with Gasteiger partial charge in [-0.2, -0.15) is 0 Å². The highest BCUT2D eigenvalue weighted by Crippen LogP contribution is 2.09. The molecule has 0 heterocycles.